The van der Waals surface area contributed by atoms with E-state index in [9.17, 15) is 9.90 Å². The van der Waals surface area contributed by atoms with Crippen LogP contribution in [0.4, 0.5) is 22.2 Å². The third kappa shape index (κ3) is 5.51. The summed E-state index contributed by atoms with van der Waals surface area (Å²) in [6.45, 7) is 7.47. The van der Waals surface area contributed by atoms with E-state index in [1.54, 1.807) is 11.1 Å². The second kappa shape index (κ2) is 10.0. The molecule has 5 heterocycles. The van der Waals surface area contributed by atoms with Gasteiger partial charge in [-0.25, -0.2) is 9.78 Å². The molecule has 0 saturated carbocycles. The molecule has 12 nitrogen and oxygen atoms in total. The number of piperidine rings is 1. The summed E-state index contributed by atoms with van der Waals surface area (Å²) >= 11 is 6.32. The Bertz CT molecular complexity index is 1090. The lowest BCUT2D eigenvalue weighted by molar-refractivity contribution is 0.0183. The summed E-state index contributed by atoms with van der Waals surface area (Å²) < 4.78 is 18.7. The Morgan fingerprint density at radius 1 is 1.19 bits per heavy atom. The van der Waals surface area contributed by atoms with Gasteiger partial charge in [-0.15, -0.1) is 0 Å². The van der Waals surface area contributed by atoms with Gasteiger partial charge in [0.2, 0.25) is 5.95 Å². The molecule has 0 aliphatic carbocycles. The van der Waals surface area contributed by atoms with Gasteiger partial charge in [0.25, 0.3) is 0 Å². The molecule has 13 heteroatoms. The summed E-state index contributed by atoms with van der Waals surface area (Å²) in [6.07, 6.45) is 5.21. The van der Waals surface area contributed by atoms with E-state index < -0.39 is 11.7 Å². The number of carbonyl (C=O) groups is 1. The fraction of sp³-hybridized carbons (Fsp3) is 0.652. The van der Waals surface area contributed by atoms with Crippen LogP contribution in [0.25, 0.3) is 0 Å². The molecule has 36 heavy (non-hydrogen) atoms. The number of aliphatic hydroxyl groups is 1. The number of aliphatic hydroxyl groups excluding tert-OH is 1. The van der Waals surface area contributed by atoms with E-state index in [0.717, 1.165) is 18.5 Å². The molecule has 2 unspecified atom stereocenters. The van der Waals surface area contributed by atoms with Gasteiger partial charge >= 0.3 is 6.09 Å². The maximum atomic E-state index is 12.3. The summed E-state index contributed by atoms with van der Waals surface area (Å²) in [4.78, 5) is 22.8. The van der Waals surface area contributed by atoms with E-state index in [1.165, 1.54) is 6.20 Å². The first-order valence-corrected chi connectivity index (χ1v) is 12.5. The zero-order chi connectivity index (χ0) is 25.4. The number of aromatic nitrogens is 4. The molecule has 1 amide bonds. The van der Waals surface area contributed by atoms with Crippen molar-refractivity contribution < 1.29 is 24.1 Å². The number of ether oxygens (including phenoxy) is 3. The second-order valence-electron chi connectivity index (χ2n) is 10.3. The molecule has 2 aromatic rings. The van der Waals surface area contributed by atoms with Gasteiger partial charge in [0, 0.05) is 19.3 Å². The van der Waals surface area contributed by atoms with E-state index in [2.05, 4.69) is 25.7 Å². The molecule has 3 aliphatic heterocycles. The first-order chi connectivity index (χ1) is 17.2. The van der Waals surface area contributed by atoms with Gasteiger partial charge in [-0.3, -0.25) is 4.68 Å². The maximum Gasteiger partial charge on any atom is 0.410 e. The van der Waals surface area contributed by atoms with Crippen LogP contribution in [0.3, 0.4) is 0 Å². The second-order valence-corrected chi connectivity index (χ2v) is 10.7. The molecule has 3 fully saturated rings. The summed E-state index contributed by atoms with van der Waals surface area (Å²) in [5.41, 5.74) is 0.236. The first-order valence-electron chi connectivity index (χ1n) is 12.2. The van der Waals surface area contributed by atoms with Gasteiger partial charge in [-0.2, -0.15) is 10.1 Å². The van der Waals surface area contributed by atoms with Crippen molar-refractivity contribution in [1.29, 1.82) is 0 Å². The first kappa shape index (κ1) is 25.0. The highest BCUT2D eigenvalue weighted by Gasteiger charge is 2.47. The quantitative estimate of drug-likeness (QED) is 0.538. The Kier molecular flexibility index (Phi) is 6.95. The minimum atomic E-state index is -0.624. The molecule has 196 valence electrons. The lowest BCUT2D eigenvalue weighted by atomic mass is 10.1. The molecule has 3 aliphatic rings. The number of nitrogens with zero attached hydrogens (tertiary/aromatic N) is 5. The van der Waals surface area contributed by atoms with Crippen LogP contribution < -0.4 is 10.6 Å². The topological polar surface area (TPSA) is 136 Å². The van der Waals surface area contributed by atoms with Gasteiger partial charge in [0.05, 0.1) is 43.4 Å². The Labute approximate surface area is 214 Å². The Morgan fingerprint density at radius 3 is 2.69 bits per heavy atom. The number of amides is 1. The number of anilines is 3. The molecule has 2 aromatic heterocycles. The predicted octanol–water partition coefficient (Wildman–Crippen LogP) is 2.58. The third-order valence-corrected chi connectivity index (χ3v) is 6.72. The Balaban J connectivity index is 1.17. The number of hydrogen-bond donors (Lipinski definition) is 3. The molecule has 0 radical (unpaired) electrons. The zero-order valence-electron chi connectivity index (χ0n) is 20.6. The molecule has 3 N–H and O–H groups in total. The van der Waals surface area contributed by atoms with Gasteiger partial charge in [-0.1, -0.05) is 11.6 Å². The number of hydrogen-bond acceptors (Lipinski definition) is 10. The molecular formula is C23H32ClN7O5. The lowest BCUT2D eigenvalue weighted by Gasteiger charge is -2.33. The van der Waals surface area contributed by atoms with E-state index in [1.807, 2.05) is 31.6 Å². The van der Waals surface area contributed by atoms with Gasteiger partial charge in [0.1, 0.15) is 28.9 Å². The van der Waals surface area contributed by atoms with Crippen LogP contribution in [0.2, 0.25) is 5.02 Å². The van der Waals surface area contributed by atoms with Crippen molar-refractivity contribution in [2.75, 3.05) is 36.9 Å². The van der Waals surface area contributed by atoms with E-state index in [4.69, 9.17) is 25.8 Å². The highest BCUT2D eigenvalue weighted by Crippen LogP contribution is 2.31. The minimum absolute atomic E-state index is 0.179. The van der Waals surface area contributed by atoms with Crippen molar-refractivity contribution in [2.24, 2.45) is 0 Å². The number of rotatable bonds is 5. The van der Waals surface area contributed by atoms with E-state index in [0.29, 0.717) is 36.5 Å². The van der Waals surface area contributed by atoms with Crippen LogP contribution >= 0.6 is 11.6 Å². The summed E-state index contributed by atoms with van der Waals surface area (Å²) in [7, 11) is 0. The Hall–Kier alpha value is -2.67. The number of nitrogens with one attached hydrogen (secondary N) is 2. The Morgan fingerprint density at radius 2 is 1.94 bits per heavy atom. The van der Waals surface area contributed by atoms with Gasteiger partial charge in [-0.05, 0) is 33.6 Å². The predicted molar refractivity (Wildman–Crippen MR) is 132 cm³/mol. The van der Waals surface area contributed by atoms with Gasteiger partial charge < -0.3 is 34.9 Å². The largest absolute Gasteiger partial charge is 0.444 e. The lowest BCUT2D eigenvalue weighted by Crippen LogP contribution is -2.42. The highest BCUT2D eigenvalue weighted by atomic mass is 35.5. The number of fused-ring (bicyclic) bond motifs is 1. The average molecular weight is 522 g/mol. The number of carbonyl (C=O) groups excluding carboxylic acids is 1. The summed E-state index contributed by atoms with van der Waals surface area (Å²) in [6, 6.07) is 0.00127. The van der Waals surface area contributed by atoms with E-state index >= 15 is 0 Å². The molecule has 0 spiro atoms. The standard InChI is InChI=1S/C23H32ClN7O5/c1-23(2,3)36-22(33)30-6-4-14(5-7-30)31-10-13(8-26-31)27-21-25-9-15(24)20(29-21)28-16-11-34-19-17(32)12-35-18(16)19/h8-10,14,16-19,32H,4-7,11-12H2,1-3H3,(H2,25,27,28,29)/t16-,17-,18?,19?/m1/s1. The fourth-order valence-corrected chi connectivity index (χ4v) is 4.82. The van der Waals surface area contributed by atoms with Crippen LogP contribution in [0.1, 0.15) is 39.7 Å². The highest BCUT2D eigenvalue weighted by molar-refractivity contribution is 6.32. The zero-order valence-corrected chi connectivity index (χ0v) is 21.3. The van der Waals surface area contributed by atoms with Crippen molar-refractivity contribution in [3.63, 3.8) is 0 Å². The van der Waals surface area contributed by atoms with Crippen molar-refractivity contribution >= 4 is 35.1 Å². The molecule has 3 saturated heterocycles. The monoisotopic (exact) mass is 521 g/mol. The molecule has 0 bridgehead atoms. The van der Waals surface area contributed by atoms with E-state index in [-0.39, 0.29) is 37.0 Å². The SMILES string of the molecule is CC(C)(C)OC(=O)N1CCC(n2cc(Nc3ncc(Cl)c(N[C@@H]4COC5C4OC[C@H]5O)n3)cn2)CC1. The van der Waals surface area contributed by atoms with Crippen molar-refractivity contribution in [3.05, 3.63) is 23.6 Å². The summed E-state index contributed by atoms with van der Waals surface area (Å²) in [5.74, 6) is 0.819. The van der Waals surface area contributed by atoms with Crippen molar-refractivity contribution in [1.82, 2.24) is 24.6 Å². The smallest absolute Gasteiger partial charge is 0.410 e. The number of likely N-dealkylation sites (tertiary alicyclic amines) is 1. The van der Waals surface area contributed by atoms with Crippen LogP contribution in [-0.4, -0.2) is 92.1 Å². The third-order valence-electron chi connectivity index (χ3n) is 6.44. The maximum absolute atomic E-state index is 12.3. The van der Waals surface area contributed by atoms with Crippen molar-refractivity contribution in [2.45, 2.75) is 69.6 Å². The van der Waals surface area contributed by atoms with Crippen LogP contribution in [0, 0.1) is 0 Å². The van der Waals surface area contributed by atoms with Gasteiger partial charge in [0.15, 0.2) is 5.82 Å². The van der Waals surface area contributed by atoms with Crippen LogP contribution in [0.5, 0.6) is 0 Å². The average Bonchev–Trinajstić information content (AvgIpc) is 3.54. The normalized spacial score (nSPS) is 26.6. The molecular weight excluding hydrogens is 490 g/mol. The summed E-state index contributed by atoms with van der Waals surface area (Å²) in [5, 5.41) is 21.3. The number of halogens is 1. The molecule has 5 rings (SSSR count). The van der Waals surface area contributed by atoms with Crippen LogP contribution in [0.15, 0.2) is 18.6 Å². The molecule has 4 atom stereocenters. The van der Waals surface area contributed by atoms with Crippen LogP contribution in [-0.2, 0) is 14.2 Å². The molecule has 0 aromatic carbocycles. The van der Waals surface area contributed by atoms with Crippen molar-refractivity contribution in [3.8, 4) is 0 Å². The minimum Gasteiger partial charge on any atom is -0.444 e. The fourth-order valence-electron chi connectivity index (χ4n) is 4.68.